The molecule has 1 spiro atoms. The number of hydrogen-bond donors (Lipinski definition) is 0. The smallest absolute Gasteiger partial charge is 0.319 e. The Morgan fingerprint density at radius 3 is 2.86 bits per heavy atom. The fraction of sp³-hybridized carbons (Fsp3) is 0.867. The molecule has 118 valence electrons. The summed E-state index contributed by atoms with van der Waals surface area (Å²) < 4.78 is 6.06. The Hall–Kier alpha value is -1.30. The van der Waals surface area contributed by atoms with Gasteiger partial charge in [-0.2, -0.15) is 0 Å². The SMILES string of the molecule is CN(C)C(=O)N1CC[C@@]2(C[C@@H](N3CCCC3=O)CCO2)C1. The molecule has 0 saturated carbocycles. The van der Waals surface area contributed by atoms with E-state index in [1.807, 2.05) is 9.80 Å². The highest BCUT2D eigenvalue weighted by Crippen LogP contribution is 2.37. The number of carbonyl (C=O) groups excluding carboxylic acids is 2. The van der Waals surface area contributed by atoms with Crippen LogP contribution in [0.5, 0.6) is 0 Å². The standard InChI is InChI=1S/C15H25N3O3/c1-16(2)14(20)17-8-6-15(11-17)10-12(5-9-21-15)18-7-3-4-13(18)19/h12H,3-11H2,1-2H3/t12-,15+/m0/s1. The van der Waals surface area contributed by atoms with Crippen molar-refractivity contribution in [1.82, 2.24) is 14.7 Å². The van der Waals surface area contributed by atoms with Crippen LogP contribution in [-0.4, -0.2) is 78.6 Å². The summed E-state index contributed by atoms with van der Waals surface area (Å²) in [7, 11) is 3.56. The van der Waals surface area contributed by atoms with E-state index in [9.17, 15) is 9.59 Å². The maximum absolute atomic E-state index is 12.1. The lowest BCUT2D eigenvalue weighted by atomic mass is 9.89. The molecule has 0 aromatic heterocycles. The zero-order valence-electron chi connectivity index (χ0n) is 13.0. The number of hydrogen-bond acceptors (Lipinski definition) is 3. The van der Waals surface area contributed by atoms with Gasteiger partial charge in [-0.25, -0.2) is 4.79 Å². The van der Waals surface area contributed by atoms with Gasteiger partial charge in [-0.15, -0.1) is 0 Å². The second-order valence-electron chi connectivity index (χ2n) is 6.72. The van der Waals surface area contributed by atoms with Crippen molar-refractivity contribution in [2.24, 2.45) is 0 Å². The summed E-state index contributed by atoms with van der Waals surface area (Å²) in [5, 5.41) is 0. The second kappa shape index (κ2) is 5.48. The number of carbonyl (C=O) groups is 2. The topological polar surface area (TPSA) is 53.1 Å². The number of rotatable bonds is 1. The molecule has 3 aliphatic rings. The van der Waals surface area contributed by atoms with Crippen molar-refractivity contribution in [2.75, 3.05) is 40.3 Å². The molecule has 3 aliphatic heterocycles. The van der Waals surface area contributed by atoms with E-state index < -0.39 is 0 Å². The lowest BCUT2D eigenvalue weighted by Crippen LogP contribution is -2.51. The third kappa shape index (κ3) is 2.73. The van der Waals surface area contributed by atoms with Crippen molar-refractivity contribution in [2.45, 2.75) is 43.7 Å². The first-order valence-electron chi connectivity index (χ1n) is 7.90. The van der Waals surface area contributed by atoms with E-state index >= 15 is 0 Å². The first-order valence-corrected chi connectivity index (χ1v) is 7.90. The highest BCUT2D eigenvalue weighted by molar-refractivity contribution is 5.78. The minimum Gasteiger partial charge on any atom is -0.373 e. The van der Waals surface area contributed by atoms with Gasteiger partial charge in [-0.05, 0) is 25.7 Å². The zero-order valence-corrected chi connectivity index (χ0v) is 13.0. The summed E-state index contributed by atoms with van der Waals surface area (Å²) in [6.07, 6.45) is 4.35. The molecule has 3 rings (SSSR count). The predicted octanol–water partition coefficient (Wildman–Crippen LogP) is 0.914. The van der Waals surface area contributed by atoms with Gasteiger partial charge in [0.05, 0.1) is 12.1 Å². The molecule has 0 aromatic carbocycles. The summed E-state index contributed by atoms with van der Waals surface area (Å²) in [5.74, 6) is 0.288. The third-order valence-electron chi connectivity index (χ3n) is 4.99. The van der Waals surface area contributed by atoms with Crippen LogP contribution in [0.3, 0.4) is 0 Å². The molecule has 0 aromatic rings. The third-order valence-corrected chi connectivity index (χ3v) is 4.99. The Morgan fingerprint density at radius 2 is 2.19 bits per heavy atom. The molecule has 3 amide bonds. The molecule has 0 unspecified atom stereocenters. The van der Waals surface area contributed by atoms with E-state index in [4.69, 9.17) is 4.74 Å². The maximum Gasteiger partial charge on any atom is 0.319 e. The molecule has 0 aliphatic carbocycles. The van der Waals surface area contributed by atoms with Crippen molar-refractivity contribution >= 4 is 11.9 Å². The lowest BCUT2D eigenvalue weighted by molar-refractivity contribution is -0.137. The first kappa shape index (κ1) is 14.6. The summed E-state index contributed by atoms with van der Waals surface area (Å²) >= 11 is 0. The molecular formula is C15H25N3O3. The van der Waals surface area contributed by atoms with E-state index in [-0.39, 0.29) is 17.5 Å². The number of likely N-dealkylation sites (tertiary alicyclic amines) is 2. The van der Waals surface area contributed by atoms with Gasteiger partial charge in [0.1, 0.15) is 0 Å². The second-order valence-corrected chi connectivity index (χ2v) is 6.72. The number of urea groups is 1. The Kier molecular flexibility index (Phi) is 3.82. The van der Waals surface area contributed by atoms with Gasteiger partial charge in [-0.3, -0.25) is 4.79 Å². The van der Waals surface area contributed by atoms with Gasteiger partial charge in [0.2, 0.25) is 5.91 Å². The van der Waals surface area contributed by atoms with Crippen LogP contribution in [0, 0.1) is 0 Å². The Bertz CT molecular complexity index is 440. The summed E-state index contributed by atoms with van der Waals surface area (Å²) in [6.45, 7) is 2.98. The largest absolute Gasteiger partial charge is 0.373 e. The Balaban J connectivity index is 1.66. The van der Waals surface area contributed by atoms with Gasteiger partial charge in [-0.1, -0.05) is 0 Å². The molecule has 21 heavy (non-hydrogen) atoms. The Labute approximate surface area is 126 Å². The van der Waals surface area contributed by atoms with E-state index in [1.165, 1.54) is 0 Å². The molecule has 0 radical (unpaired) electrons. The van der Waals surface area contributed by atoms with Gasteiger partial charge >= 0.3 is 6.03 Å². The van der Waals surface area contributed by atoms with Crippen molar-refractivity contribution in [3.8, 4) is 0 Å². The molecule has 3 fully saturated rings. The van der Waals surface area contributed by atoms with Crippen molar-refractivity contribution in [3.63, 3.8) is 0 Å². The van der Waals surface area contributed by atoms with Crippen LogP contribution in [0.25, 0.3) is 0 Å². The maximum atomic E-state index is 12.1. The molecule has 0 N–H and O–H groups in total. The highest BCUT2D eigenvalue weighted by atomic mass is 16.5. The molecule has 0 bridgehead atoms. The monoisotopic (exact) mass is 295 g/mol. The zero-order chi connectivity index (χ0) is 15.0. The lowest BCUT2D eigenvalue weighted by Gasteiger charge is -2.41. The summed E-state index contributed by atoms with van der Waals surface area (Å²) in [6, 6.07) is 0.345. The van der Waals surface area contributed by atoms with Crippen LogP contribution in [-0.2, 0) is 9.53 Å². The molecule has 6 heteroatoms. The summed E-state index contributed by atoms with van der Waals surface area (Å²) in [5.41, 5.74) is -0.239. The molecule has 3 heterocycles. The first-order chi connectivity index (χ1) is 10.0. The fourth-order valence-electron chi connectivity index (χ4n) is 3.90. The van der Waals surface area contributed by atoms with Crippen molar-refractivity contribution in [3.05, 3.63) is 0 Å². The van der Waals surface area contributed by atoms with E-state index in [0.717, 1.165) is 38.8 Å². The molecule has 6 nitrogen and oxygen atoms in total. The van der Waals surface area contributed by atoms with Gasteiger partial charge < -0.3 is 19.4 Å². The highest BCUT2D eigenvalue weighted by Gasteiger charge is 2.46. The van der Waals surface area contributed by atoms with E-state index in [2.05, 4.69) is 0 Å². The fourth-order valence-corrected chi connectivity index (χ4v) is 3.90. The van der Waals surface area contributed by atoms with Gasteiger partial charge in [0, 0.05) is 46.3 Å². The van der Waals surface area contributed by atoms with Crippen LogP contribution in [0.1, 0.15) is 32.1 Å². The van der Waals surface area contributed by atoms with Crippen LogP contribution in [0.2, 0.25) is 0 Å². The van der Waals surface area contributed by atoms with Crippen LogP contribution in [0.15, 0.2) is 0 Å². The molecular weight excluding hydrogens is 270 g/mol. The average Bonchev–Trinajstić information content (AvgIpc) is 3.05. The van der Waals surface area contributed by atoms with Gasteiger partial charge in [0.15, 0.2) is 0 Å². The van der Waals surface area contributed by atoms with E-state index in [0.29, 0.717) is 25.6 Å². The quantitative estimate of drug-likeness (QED) is 0.722. The number of ether oxygens (including phenoxy) is 1. The minimum atomic E-state index is -0.239. The normalized spacial score (nSPS) is 33.0. The molecule has 2 atom stereocenters. The number of nitrogens with zero attached hydrogens (tertiary/aromatic N) is 3. The van der Waals surface area contributed by atoms with Crippen molar-refractivity contribution in [1.29, 1.82) is 0 Å². The van der Waals surface area contributed by atoms with Crippen LogP contribution in [0.4, 0.5) is 4.79 Å². The predicted molar refractivity (Wildman–Crippen MR) is 77.9 cm³/mol. The molecule has 3 saturated heterocycles. The number of amides is 3. The van der Waals surface area contributed by atoms with Crippen molar-refractivity contribution < 1.29 is 14.3 Å². The van der Waals surface area contributed by atoms with Gasteiger partial charge in [0.25, 0.3) is 0 Å². The minimum absolute atomic E-state index is 0.0508. The van der Waals surface area contributed by atoms with Crippen LogP contribution < -0.4 is 0 Å². The Morgan fingerprint density at radius 1 is 1.38 bits per heavy atom. The average molecular weight is 295 g/mol. The van der Waals surface area contributed by atoms with Crippen LogP contribution >= 0.6 is 0 Å². The summed E-state index contributed by atoms with van der Waals surface area (Å²) in [4.78, 5) is 29.6. The van der Waals surface area contributed by atoms with E-state index in [1.54, 1.807) is 19.0 Å².